The van der Waals surface area contributed by atoms with Crippen LogP contribution < -0.4 is 10.6 Å². The topological polar surface area (TPSA) is 113 Å². The smallest absolute Gasteiger partial charge is 0.351 e. The number of carbonyl (C=O) groups is 2. The molecule has 4 aromatic rings. The molecule has 0 bridgehead atoms. The predicted molar refractivity (Wildman–Crippen MR) is 187 cm³/mol. The zero-order valence-electron chi connectivity index (χ0n) is 28.9. The number of amides is 2. The Kier molecular flexibility index (Phi) is 12.4. The van der Waals surface area contributed by atoms with Crippen molar-refractivity contribution in [2.45, 2.75) is 45.5 Å². The van der Waals surface area contributed by atoms with Crippen molar-refractivity contribution in [3.8, 4) is 11.1 Å². The molecular formula is C38H34F8N2O5S. The van der Waals surface area contributed by atoms with E-state index in [2.05, 4.69) is 10.6 Å². The summed E-state index contributed by atoms with van der Waals surface area (Å²) in [5.74, 6) is -5.99. The fourth-order valence-electron chi connectivity index (χ4n) is 5.17. The van der Waals surface area contributed by atoms with E-state index in [1.807, 2.05) is 32.9 Å². The summed E-state index contributed by atoms with van der Waals surface area (Å²) in [4.78, 5) is 26.2. The Hall–Kier alpha value is -5.09. The van der Waals surface area contributed by atoms with Gasteiger partial charge in [0.2, 0.25) is 5.91 Å². The Morgan fingerprint density at radius 1 is 0.796 bits per heavy atom. The molecule has 16 heteroatoms. The van der Waals surface area contributed by atoms with Gasteiger partial charge >= 0.3 is 12.4 Å². The van der Waals surface area contributed by atoms with Gasteiger partial charge in [-0.3, -0.25) is 14.1 Å². The molecule has 0 radical (unpaired) electrons. The van der Waals surface area contributed by atoms with Gasteiger partial charge in [0, 0.05) is 23.7 Å². The van der Waals surface area contributed by atoms with Crippen LogP contribution in [0.3, 0.4) is 0 Å². The van der Waals surface area contributed by atoms with Crippen molar-refractivity contribution in [1.82, 2.24) is 5.32 Å². The molecule has 2 amide bonds. The van der Waals surface area contributed by atoms with Crippen LogP contribution >= 0.6 is 0 Å². The molecule has 0 saturated heterocycles. The molecule has 1 unspecified atom stereocenters. The van der Waals surface area contributed by atoms with E-state index in [1.165, 1.54) is 24.3 Å². The molecule has 288 valence electrons. The quantitative estimate of drug-likeness (QED) is 0.104. The highest BCUT2D eigenvalue weighted by Gasteiger charge is 2.37. The van der Waals surface area contributed by atoms with E-state index < -0.39 is 85.5 Å². The highest BCUT2D eigenvalue weighted by Crippen LogP contribution is 2.40. The van der Waals surface area contributed by atoms with Gasteiger partial charge in [-0.25, -0.2) is 8.78 Å². The van der Waals surface area contributed by atoms with Crippen molar-refractivity contribution in [2.24, 2.45) is 5.41 Å². The van der Waals surface area contributed by atoms with Crippen LogP contribution in [0.25, 0.3) is 17.2 Å². The van der Waals surface area contributed by atoms with Gasteiger partial charge in [-0.2, -0.15) is 34.8 Å². The average molecular weight is 783 g/mol. The lowest BCUT2D eigenvalue weighted by molar-refractivity contribution is -0.143. The molecule has 4 rings (SSSR count). The molecule has 1 atom stereocenters. The number of hydrogen-bond acceptors (Lipinski definition) is 4. The van der Waals surface area contributed by atoms with Crippen molar-refractivity contribution in [1.29, 1.82) is 0 Å². The van der Waals surface area contributed by atoms with Gasteiger partial charge in [-0.05, 0) is 70.5 Å². The highest BCUT2D eigenvalue weighted by atomic mass is 32.2. The van der Waals surface area contributed by atoms with Crippen LogP contribution in [0.15, 0.2) is 84.9 Å². The number of halogens is 8. The zero-order valence-corrected chi connectivity index (χ0v) is 29.7. The summed E-state index contributed by atoms with van der Waals surface area (Å²) in [6.45, 7) is 5.65. The lowest BCUT2D eigenvalue weighted by Crippen LogP contribution is -2.28. The first-order valence-electron chi connectivity index (χ1n) is 16.1. The van der Waals surface area contributed by atoms with E-state index in [0.717, 1.165) is 5.56 Å². The standard InChI is InChI=1S/C38H34F8N2O5S/c1-36(2,3)13-12-22-4-8-24(9-5-22)30(16-23-6-10-25(11-7-23)34(49)47-14-15-54(51,52)53)35(50)48-33-21-31(39)29(20-32(33)40)26-17-27(37(41,42)43)19-28(18-26)38(44,45)46/h4-13,17-21,30H,14-16H2,1-3H3,(H,47,49)(H,48,50)(H,51,52,53). The Labute approximate surface area is 305 Å². The van der Waals surface area contributed by atoms with Gasteiger partial charge in [0.15, 0.2) is 0 Å². The molecule has 0 heterocycles. The Morgan fingerprint density at radius 2 is 1.37 bits per heavy atom. The van der Waals surface area contributed by atoms with Gasteiger partial charge in [-0.1, -0.05) is 69.3 Å². The molecule has 7 nitrogen and oxygen atoms in total. The van der Waals surface area contributed by atoms with Gasteiger partial charge < -0.3 is 10.6 Å². The number of carbonyl (C=O) groups excluding carboxylic acids is 2. The van der Waals surface area contributed by atoms with Crippen molar-refractivity contribution in [2.75, 3.05) is 17.6 Å². The summed E-state index contributed by atoms with van der Waals surface area (Å²) >= 11 is 0. The van der Waals surface area contributed by atoms with Crippen molar-refractivity contribution in [3.63, 3.8) is 0 Å². The molecule has 4 aromatic carbocycles. The van der Waals surface area contributed by atoms with Crippen LogP contribution in [-0.2, 0) is 33.7 Å². The number of rotatable bonds is 11. The normalized spacial score (nSPS) is 13.2. The fraction of sp³-hybridized carbons (Fsp3) is 0.263. The van der Waals surface area contributed by atoms with Gasteiger partial charge in [-0.15, -0.1) is 0 Å². The van der Waals surface area contributed by atoms with Crippen molar-refractivity contribution >= 4 is 33.7 Å². The minimum atomic E-state index is -5.23. The van der Waals surface area contributed by atoms with Gasteiger partial charge in [0.05, 0.1) is 28.5 Å². The summed E-state index contributed by atoms with van der Waals surface area (Å²) in [6.07, 6.45) is -6.65. The summed E-state index contributed by atoms with van der Waals surface area (Å²) in [5, 5.41) is 4.62. The largest absolute Gasteiger partial charge is 0.416 e. The van der Waals surface area contributed by atoms with Crippen LogP contribution in [0.2, 0.25) is 0 Å². The highest BCUT2D eigenvalue weighted by molar-refractivity contribution is 7.85. The first-order valence-corrected chi connectivity index (χ1v) is 17.7. The number of benzene rings is 4. The first kappa shape index (κ1) is 41.7. The zero-order chi connectivity index (χ0) is 40.2. The lowest BCUT2D eigenvalue weighted by Gasteiger charge is -2.19. The maximum atomic E-state index is 15.4. The summed E-state index contributed by atoms with van der Waals surface area (Å²) in [7, 11) is -4.30. The molecule has 0 aliphatic carbocycles. The number of nitrogens with one attached hydrogen (secondary N) is 2. The van der Waals surface area contributed by atoms with E-state index >= 15 is 8.78 Å². The predicted octanol–water partition coefficient (Wildman–Crippen LogP) is 9.31. The van der Waals surface area contributed by atoms with Crippen LogP contribution in [-0.4, -0.2) is 37.1 Å². The van der Waals surface area contributed by atoms with E-state index in [4.69, 9.17) is 4.55 Å². The molecule has 0 aromatic heterocycles. The monoisotopic (exact) mass is 782 g/mol. The van der Waals surface area contributed by atoms with Gasteiger partial charge in [0.1, 0.15) is 11.6 Å². The molecule has 0 aliphatic heterocycles. The third-order valence-corrected chi connectivity index (χ3v) is 8.67. The number of allylic oxidation sites excluding steroid dienone is 1. The van der Waals surface area contributed by atoms with E-state index in [0.29, 0.717) is 23.3 Å². The van der Waals surface area contributed by atoms with Crippen LogP contribution in [0.1, 0.15) is 64.9 Å². The Balaban J connectivity index is 1.65. The van der Waals surface area contributed by atoms with Crippen LogP contribution in [0, 0.1) is 17.0 Å². The van der Waals surface area contributed by atoms with Crippen LogP contribution in [0.4, 0.5) is 40.8 Å². The average Bonchev–Trinajstić information content (AvgIpc) is 3.06. The first-order chi connectivity index (χ1) is 24.9. The second-order valence-electron chi connectivity index (χ2n) is 13.5. The summed E-state index contributed by atoms with van der Waals surface area (Å²) < 4.78 is 142. The minimum Gasteiger partial charge on any atom is -0.351 e. The number of alkyl halides is 6. The van der Waals surface area contributed by atoms with E-state index in [-0.39, 0.29) is 42.1 Å². The number of anilines is 1. The maximum Gasteiger partial charge on any atom is 0.416 e. The van der Waals surface area contributed by atoms with Crippen molar-refractivity contribution < 1.29 is 57.7 Å². The SMILES string of the molecule is CC(C)(C)C=Cc1ccc(C(Cc2ccc(C(=O)NCCS(=O)(=O)O)cc2)C(=O)Nc2cc(F)c(-c3cc(C(F)(F)F)cc(C(F)(F)F)c3)cc2F)cc1. The Bertz CT molecular complexity index is 2110. The molecule has 0 aliphatic rings. The second-order valence-corrected chi connectivity index (χ2v) is 15.0. The third kappa shape index (κ3) is 11.7. The van der Waals surface area contributed by atoms with Crippen molar-refractivity contribution in [3.05, 3.63) is 130 Å². The molecular weight excluding hydrogens is 748 g/mol. The molecule has 0 saturated carbocycles. The lowest BCUT2D eigenvalue weighted by atomic mass is 9.89. The second kappa shape index (κ2) is 16.1. The summed E-state index contributed by atoms with van der Waals surface area (Å²) in [5.41, 5.74) is -4.22. The number of hydrogen-bond donors (Lipinski definition) is 3. The minimum absolute atomic E-state index is 0.0414. The molecule has 3 N–H and O–H groups in total. The van der Waals surface area contributed by atoms with E-state index in [9.17, 15) is 44.3 Å². The Morgan fingerprint density at radius 3 is 1.89 bits per heavy atom. The maximum absolute atomic E-state index is 15.4. The molecule has 0 fully saturated rings. The third-order valence-electron chi connectivity index (χ3n) is 7.95. The van der Waals surface area contributed by atoms with Crippen LogP contribution in [0.5, 0.6) is 0 Å². The van der Waals surface area contributed by atoms with Gasteiger partial charge in [0.25, 0.3) is 16.0 Å². The fourth-order valence-corrected chi connectivity index (χ4v) is 5.53. The van der Waals surface area contributed by atoms with E-state index in [1.54, 1.807) is 24.3 Å². The molecule has 0 spiro atoms. The molecule has 54 heavy (non-hydrogen) atoms. The summed E-state index contributed by atoms with van der Waals surface area (Å²) in [6, 6.07) is 13.8.